The number of nitro groups is 1. The minimum atomic E-state index is -0.503. The summed E-state index contributed by atoms with van der Waals surface area (Å²) in [7, 11) is 0. The number of nitro benzene ring substituents is 1. The van der Waals surface area contributed by atoms with Crippen LogP contribution in [0, 0.1) is 10.1 Å². The molecule has 0 amide bonds. The summed E-state index contributed by atoms with van der Waals surface area (Å²) in [5.74, 6) is 0.391. The number of hydrogen-bond donors (Lipinski definition) is 2. The number of fused-ring (bicyclic) bond motifs is 1. The van der Waals surface area contributed by atoms with E-state index in [2.05, 4.69) is 16.9 Å². The highest BCUT2D eigenvalue weighted by Gasteiger charge is 2.19. The molecule has 0 bridgehead atoms. The van der Waals surface area contributed by atoms with E-state index in [4.69, 9.17) is 4.63 Å². The lowest BCUT2D eigenvalue weighted by Crippen LogP contribution is -1.95. The fourth-order valence-corrected chi connectivity index (χ4v) is 3.95. The zero-order valence-electron chi connectivity index (χ0n) is 17.9. The molecule has 0 spiro atoms. The van der Waals surface area contributed by atoms with Gasteiger partial charge in [0.25, 0.3) is 0 Å². The topological polar surface area (TPSA) is 123 Å². The Morgan fingerprint density at radius 1 is 0.939 bits per heavy atom. The Kier molecular flexibility index (Phi) is 6.35. The van der Waals surface area contributed by atoms with Crippen LogP contribution in [-0.4, -0.2) is 25.4 Å². The first-order chi connectivity index (χ1) is 16.0. The van der Waals surface area contributed by atoms with Crippen LogP contribution in [0.3, 0.4) is 0 Å². The van der Waals surface area contributed by atoms with E-state index in [-0.39, 0.29) is 22.7 Å². The molecule has 0 fully saturated rings. The Hall–Kier alpha value is -4.20. The van der Waals surface area contributed by atoms with Gasteiger partial charge >= 0.3 is 5.69 Å². The maximum Gasteiger partial charge on any atom is 0.300 e. The molecule has 0 saturated carbocycles. The Morgan fingerprint density at radius 2 is 1.67 bits per heavy atom. The average Bonchev–Trinajstić information content (AvgIpc) is 3.29. The highest BCUT2D eigenvalue weighted by Crippen LogP contribution is 2.34. The van der Waals surface area contributed by atoms with E-state index in [9.17, 15) is 20.3 Å². The number of aromatic nitrogens is 2. The molecule has 0 saturated heterocycles. The second kappa shape index (κ2) is 9.52. The number of nitrogens with zero attached hydrogens (tertiary/aromatic N) is 3. The first-order valence-corrected chi connectivity index (χ1v) is 10.6. The van der Waals surface area contributed by atoms with E-state index in [1.807, 2.05) is 24.3 Å². The van der Waals surface area contributed by atoms with Crippen LogP contribution in [0.5, 0.6) is 11.5 Å². The van der Waals surface area contributed by atoms with Crippen molar-refractivity contribution in [2.24, 2.45) is 0 Å². The van der Waals surface area contributed by atoms with E-state index in [0.717, 1.165) is 35.1 Å². The van der Waals surface area contributed by atoms with Crippen molar-refractivity contribution in [2.75, 3.05) is 0 Å². The highest BCUT2D eigenvalue weighted by atomic mass is 16.6. The van der Waals surface area contributed by atoms with E-state index in [1.165, 1.54) is 6.07 Å². The molecule has 0 aliphatic carbocycles. The van der Waals surface area contributed by atoms with Crippen LogP contribution in [-0.2, 0) is 19.3 Å². The molecule has 4 aromatic rings. The summed E-state index contributed by atoms with van der Waals surface area (Å²) in [6, 6.07) is 13.9. The molecule has 1 aromatic heterocycles. The standard InChI is InChI=1S/C25H23N3O5/c1-2-5-16-8-12-23(30)20(14-16)18-10-13-22(29)19(15-18)7-4-3-6-17-9-11-21(28(31)32)25-24(17)26-33-27-25/h2,8-15,29-30H,1,3-7H2. The number of aromatic hydroxyl groups is 2. The Morgan fingerprint density at radius 3 is 2.42 bits per heavy atom. The van der Waals surface area contributed by atoms with Crippen LogP contribution in [0.4, 0.5) is 5.69 Å². The van der Waals surface area contributed by atoms with Crippen molar-refractivity contribution < 1.29 is 19.8 Å². The number of allylic oxidation sites excluding steroid dienone is 1. The van der Waals surface area contributed by atoms with E-state index < -0.39 is 4.92 Å². The summed E-state index contributed by atoms with van der Waals surface area (Å²) in [5, 5.41) is 39.3. The molecule has 4 rings (SSSR count). The van der Waals surface area contributed by atoms with Gasteiger partial charge in [0.05, 0.1) is 4.92 Å². The second-order valence-electron chi connectivity index (χ2n) is 7.86. The largest absolute Gasteiger partial charge is 0.508 e. The summed E-state index contributed by atoms with van der Waals surface area (Å²) in [6.07, 6.45) is 5.36. The van der Waals surface area contributed by atoms with Gasteiger partial charge in [0.1, 0.15) is 17.0 Å². The van der Waals surface area contributed by atoms with Gasteiger partial charge in [-0.3, -0.25) is 10.1 Å². The van der Waals surface area contributed by atoms with Crippen molar-refractivity contribution in [3.05, 3.63) is 88.0 Å². The number of phenolic OH excluding ortho intramolecular Hbond substituents is 2. The molecule has 8 nitrogen and oxygen atoms in total. The predicted molar refractivity (Wildman–Crippen MR) is 124 cm³/mol. The number of rotatable bonds is 9. The summed E-state index contributed by atoms with van der Waals surface area (Å²) in [5.41, 5.74) is 4.64. The Balaban J connectivity index is 1.46. The molecule has 0 atom stereocenters. The van der Waals surface area contributed by atoms with Gasteiger partial charge in [0, 0.05) is 11.6 Å². The monoisotopic (exact) mass is 445 g/mol. The summed E-state index contributed by atoms with van der Waals surface area (Å²) in [6.45, 7) is 3.76. The van der Waals surface area contributed by atoms with E-state index >= 15 is 0 Å². The third-order valence-electron chi connectivity index (χ3n) is 5.65. The predicted octanol–water partition coefficient (Wildman–Crippen LogP) is 5.50. The smallest absolute Gasteiger partial charge is 0.300 e. The van der Waals surface area contributed by atoms with Gasteiger partial charge in [-0.25, -0.2) is 4.63 Å². The van der Waals surface area contributed by atoms with Gasteiger partial charge < -0.3 is 10.2 Å². The molecule has 0 aliphatic rings. The molecule has 2 N–H and O–H groups in total. The minimum Gasteiger partial charge on any atom is -0.508 e. The van der Waals surface area contributed by atoms with Gasteiger partial charge in [0.2, 0.25) is 5.52 Å². The van der Waals surface area contributed by atoms with E-state index in [0.29, 0.717) is 30.3 Å². The first-order valence-electron chi connectivity index (χ1n) is 10.6. The van der Waals surface area contributed by atoms with Crippen molar-refractivity contribution in [3.8, 4) is 22.6 Å². The fraction of sp³-hybridized carbons (Fsp3) is 0.200. The van der Waals surface area contributed by atoms with Crippen molar-refractivity contribution >= 4 is 16.7 Å². The van der Waals surface area contributed by atoms with Crippen LogP contribution < -0.4 is 0 Å². The summed E-state index contributed by atoms with van der Waals surface area (Å²) >= 11 is 0. The SMILES string of the molecule is C=CCc1ccc(O)c(-c2ccc(O)c(CCCCc3ccc([N+](=O)[O-])c4nonc34)c2)c1. The Bertz CT molecular complexity index is 1330. The van der Waals surface area contributed by atoms with Crippen LogP contribution in [0.2, 0.25) is 0 Å². The zero-order chi connectivity index (χ0) is 23.4. The quantitative estimate of drug-likeness (QED) is 0.151. The van der Waals surface area contributed by atoms with Crippen LogP contribution in [0.25, 0.3) is 22.2 Å². The molecular weight excluding hydrogens is 422 g/mol. The molecule has 0 unspecified atom stereocenters. The third kappa shape index (κ3) is 4.69. The fourth-order valence-electron chi connectivity index (χ4n) is 3.95. The highest BCUT2D eigenvalue weighted by molar-refractivity contribution is 5.85. The summed E-state index contributed by atoms with van der Waals surface area (Å²) < 4.78 is 4.71. The van der Waals surface area contributed by atoms with Crippen molar-refractivity contribution in [2.45, 2.75) is 32.1 Å². The maximum atomic E-state index is 11.1. The van der Waals surface area contributed by atoms with E-state index in [1.54, 1.807) is 24.3 Å². The van der Waals surface area contributed by atoms with Crippen LogP contribution >= 0.6 is 0 Å². The number of aryl methyl sites for hydroxylation is 2. The van der Waals surface area contributed by atoms with Crippen molar-refractivity contribution in [1.82, 2.24) is 10.3 Å². The van der Waals surface area contributed by atoms with Gasteiger partial charge in [0.15, 0.2) is 0 Å². The molecule has 3 aromatic carbocycles. The molecule has 0 radical (unpaired) electrons. The van der Waals surface area contributed by atoms with Gasteiger partial charge in [-0.1, -0.05) is 18.2 Å². The summed E-state index contributed by atoms with van der Waals surface area (Å²) in [4.78, 5) is 10.6. The van der Waals surface area contributed by atoms with Gasteiger partial charge in [-0.2, -0.15) is 0 Å². The molecular formula is C25H23N3O5. The Labute approximate surface area is 189 Å². The number of benzene rings is 3. The molecule has 8 heteroatoms. The minimum absolute atomic E-state index is 0.128. The first kappa shape index (κ1) is 22.0. The maximum absolute atomic E-state index is 11.1. The third-order valence-corrected chi connectivity index (χ3v) is 5.65. The number of phenols is 2. The van der Waals surface area contributed by atoms with Gasteiger partial charge in [-0.15, -0.1) is 6.58 Å². The average molecular weight is 445 g/mol. The van der Waals surface area contributed by atoms with Crippen LogP contribution in [0.1, 0.15) is 29.5 Å². The normalized spacial score (nSPS) is 11.0. The van der Waals surface area contributed by atoms with Gasteiger partial charge in [-0.05, 0) is 95.0 Å². The molecule has 168 valence electrons. The number of unbranched alkanes of at least 4 members (excludes halogenated alkanes) is 1. The lowest BCUT2D eigenvalue weighted by Gasteiger charge is -2.11. The second-order valence-corrected chi connectivity index (χ2v) is 7.86. The molecule has 0 aliphatic heterocycles. The molecule has 33 heavy (non-hydrogen) atoms. The lowest BCUT2D eigenvalue weighted by atomic mass is 9.96. The molecule has 1 heterocycles. The van der Waals surface area contributed by atoms with Crippen molar-refractivity contribution in [1.29, 1.82) is 0 Å². The van der Waals surface area contributed by atoms with Crippen LogP contribution in [0.15, 0.2) is 65.8 Å². The zero-order valence-corrected chi connectivity index (χ0v) is 17.9. The lowest BCUT2D eigenvalue weighted by molar-refractivity contribution is -0.383. The van der Waals surface area contributed by atoms with Crippen molar-refractivity contribution in [3.63, 3.8) is 0 Å². The number of non-ortho nitro benzene ring substituents is 1. The number of hydrogen-bond acceptors (Lipinski definition) is 7.